The van der Waals surface area contributed by atoms with Crippen molar-refractivity contribution in [3.63, 3.8) is 0 Å². The average Bonchev–Trinajstić information content (AvgIpc) is 2.56. The Kier molecular flexibility index (Phi) is 3.73. The van der Waals surface area contributed by atoms with E-state index in [4.69, 9.17) is 4.98 Å². The van der Waals surface area contributed by atoms with Crippen LogP contribution in [0.2, 0.25) is 0 Å². The Morgan fingerprint density at radius 3 is 2.14 bits per heavy atom. The maximum Gasteiger partial charge on any atom is 0.0727 e. The Hall–Kier alpha value is -2.55. The summed E-state index contributed by atoms with van der Waals surface area (Å²) >= 11 is 0. The van der Waals surface area contributed by atoms with Gasteiger partial charge in [-0.1, -0.05) is 13.8 Å². The largest absolute Gasteiger partial charge is 0.265 e. The molecule has 21 heavy (non-hydrogen) atoms. The topological polar surface area (TPSA) is 38.7 Å². The number of aromatic nitrogens is 3. The van der Waals surface area contributed by atoms with Gasteiger partial charge in [0.25, 0.3) is 0 Å². The van der Waals surface area contributed by atoms with Crippen LogP contribution in [0.4, 0.5) is 0 Å². The second kappa shape index (κ2) is 5.83. The van der Waals surface area contributed by atoms with Gasteiger partial charge < -0.3 is 0 Å². The van der Waals surface area contributed by atoms with Gasteiger partial charge in [-0.05, 0) is 47.9 Å². The third-order valence-corrected chi connectivity index (χ3v) is 3.45. The molecule has 0 unspecified atom stereocenters. The molecule has 0 saturated heterocycles. The second-order valence-corrected chi connectivity index (χ2v) is 5.30. The highest BCUT2D eigenvalue weighted by Crippen LogP contribution is 2.27. The highest BCUT2D eigenvalue weighted by atomic mass is 14.7. The lowest BCUT2D eigenvalue weighted by Gasteiger charge is -2.11. The Morgan fingerprint density at radius 1 is 0.810 bits per heavy atom. The lowest BCUT2D eigenvalue weighted by atomic mass is 9.99. The van der Waals surface area contributed by atoms with E-state index in [-0.39, 0.29) is 0 Å². The van der Waals surface area contributed by atoms with Crippen molar-refractivity contribution in [2.24, 2.45) is 0 Å². The van der Waals surface area contributed by atoms with E-state index >= 15 is 0 Å². The first kappa shape index (κ1) is 13.4. The zero-order valence-electron chi connectivity index (χ0n) is 12.2. The van der Waals surface area contributed by atoms with Crippen molar-refractivity contribution in [3.05, 3.63) is 66.7 Å². The number of hydrogen-bond acceptors (Lipinski definition) is 3. The fourth-order valence-electron chi connectivity index (χ4n) is 2.22. The van der Waals surface area contributed by atoms with E-state index in [0.717, 1.165) is 22.5 Å². The van der Waals surface area contributed by atoms with Crippen LogP contribution in [-0.2, 0) is 0 Å². The van der Waals surface area contributed by atoms with E-state index in [9.17, 15) is 0 Å². The first-order valence-electron chi connectivity index (χ1n) is 7.07. The van der Waals surface area contributed by atoms with Crippen molar-refractivity contribution in [1.29, 1.82) is 0 Å². The molecule has 104 valence electrons. The van der Waals surface area contributed by atoms with Crippen LogP contribution in [0.15, 0.2) is 61.2 Å². The molecule has 0 aliphatic heterocycles. The monoisotopic (exact) mass is 275 g/mol. The summed E-state index contributed by atoms with van der Waals surface area (Å²) < 4.78 is 0. The summed E-state index contributed by atoms with van der Waals surface area (Å²) in [5.74, 6) is 0.448. The summed E-state index contributed by atoms with van der Waals surface area (Å²) in [6.07, 6.45) is 7.22. The molecule has 0 saturated carbocycles. The summed E-state index contributed by atoms with van der Waals surface area (Å²) in [6, 6.07) is 12.2. The van der Waals surface area contributed by atoms with Gasteiger partial charge in [-0.2, -0.15) is 0 Å². The van der Waals surface area contributed by atoms with Crippen molar-refractivity contribution in [2.45, 2.75) is 19.8 Å². The number of pyridine rings is 3. The molecule has 0 atom stereocenters. The van der Waals surface area contributed by atoms with Crippen molar-refractivity contribution >= 4 is 0 Å². The minimum Gasteiger partial charge on any atom is -0.265 e. The van der Waals surface area contributed by atoms with E-state index in [0.29, 0.717) is 5.92 Å². The first-order chi connectivity index (χ1) is 10.2. The van der Waals surface area contributed by atoms with Gasteiger partial charge in [-0.15, -0.1) is 0 Å². The van der Waals surface area contributed by atoms with Crippen LogP contribution in [0.5, 0.6) is 0 Å². The van der Waals surface area contributed by atoms with Crippen LogP contribution in [0.3, 0.4) is 0 Å². The van der Waals surface area contributed by atoms with Crippen molar-refractivity contribution in [3.8, 4) is 22.5 Å². The van der Waals surface area contributed by atoms with Crippen LogP contribution < -0.4 is 0 Å². The van der Waals surface area contributed by atoms with E-state index in [1.54, 1.807) is 18.6 Å². The average molecular weight is 275 g/mol. The fourth-order valence-corrected chi connectivity index (χ4v) is 2.22. The third kappa shape index (κ3) is 2.97. The molecule has 0 N–H and O–H groups in total. The zero-order chi connectivity index (χ0) is 14.7. The van der Waals surface area contributed by atoms with Gasteiger partial charge >= 0.3 is 0 Å². The van der Waals surface area contributed by atoms with Gasteiger partial charge in [-0.3, -0.25) is 9.97 Å². The Balaban J connectivity index is 2.16. The maximum atomic E-state index is 4.79. The smallest absolute Gasteiger partial charge is 0.0727 e. The van der Waals surface area contributed by atoms with E-state index < -0.39 is 0 Å². The SMILES string of the molecule is CC(C)c1cc(-c2ccncc2)nc(-c2cccnc2)c1. The molecule has 0 bridgehead atoms. The molecule has 0 aliphatic carbocycles. The lowest BCUT2D eigenvalue weighted by Crippen LogP contribution is -1.95. The molecule has 0 aromatic carbocycles. The van der Waals surface area contributed by atoms with Gasteiger partial charge in [0, 0.05) is 35.9 Å². The predicted molar refractivity (Wildman–Crippen MR) is 84.8 cm³/mol. The first-order valence-corrected chi connectivity index (χ1v) is 7.07. The van der Waals surface area contributed by atoms with Crippen molar-refractivity contribution < 1.29 is 0 Å². The molecule has 3 rings (SSSR count). The molecule has 3 heterocycles. The summed E-state index contributed by atoms with van der Waals surface area (Å²) in [4.78, 5) is 13.0. The van der Waals surface area contributed by atoms with Crippen molar-refractivity contribution in [1.82, 2.24) is 15.0 Å². The van der Waals surface area contributed by atoms with Gasteiger partial charge in [0.05, 0.1) is 11.4 Å². The normalized spacial score (nSPS) is 10.8. The number of hydrogen-bond donors (Lipinski definition) is 0. The van der Waals surface area contributed by atoms with Crippen LogP contribution in [0.1, 0.15) is 25.3 Å². The summed E-state index contributed by atoms with van der Waals surface area (Å²) in [7, 11) is 0. The van der Waals surface area contributed by atoms with Crippen LogP contribution in [0.25, 0.3) is 22.5 Å². The standard InChI is InChI=1S/C18H17N3/c1-13(2)16-10-17(14-5-8-19-9-6-14)21-18(11-16)15-4-3-7-20-12-15/h3-13H,1-2H3. The maximum absolute atomic E-state index is 4.79. The molecule has 3 nitrogen and oxygen atoms in total. The fraction of sp³-hybridized carbons (Fsp3) is 0.167. The summed E-state index contributed by atoms with van der Waals surface area (Å²) in [5.41, 5.74) is 5.33. The summed E-state index contributed by atoms with van der Waals surface area (Å²) in [5, 5.41) is 0. The molecule has 0 fully saturated rings. The minimum atomic E-state index is 0.448. The van der Waals surface area contributed by atoms with Gasteiger partial charge in [-0.25, -0.2) is 4.98 Å². The molecule has 0 radical (unpaired) electrons. The highest BCUT2D eigenvalue weighted by Gasteiger charge is 2.09. The predicted octanol–water partition coefficient (Wildman–Crippen LogP) is 4.33. The quantitative estimate of drug-likeness (QED) is 0.714. The van der Waals surface area contributed by atoms with Gasteiger partial charge in [0.1, 0.15) is 0 Å². The molecule has 3 aromatic heterocycles. The van der Waals surface area contributed by atoms with E-state index in [1.165, 1.54) is 5.56 Å². The Bertz CT molecular complexity index is 664. The number of nitrogens with zero attached hydrogens (tertiary/aromatic N) is 3. The van der Waals surface area contributed by atoms with Gasteiger partial charge in [0.2, 0.25) is 0 Å². The van der Waals surface area contributed by atoms with Crippen LogP contribution >= 0.6 is 0 Å². The Morgan fingerprint density at radius 2 is 1.52 bits per heavy atom. The Labute approximate surface area is 124 Å². The van der Waals surface area contributed by atoms with Crippen LogP contribution in [-0.4, -0.2) is 15.0 Å². The number of rotatable bonds is 3. The summed E-state index contributed by atoms with van der Waals surface area (Å²) in [6.45, 7) is 4.39. The minimum absolute atomic E-state index is 0.448. The molecule has 3 aromatic rings. The third-order valence-electron chi connectivity index (χ3n) is 3.45. The van der Waals surface area contributed by atoms with Gasteiger partial charge in [0.15, 0.2) is 0 Å². The molecular weight excluding hydrogens is 258 g/mol. The second-order valence-electron chi connectivity index (χ2n) is 5.30. The van der Waals surface area contributed by atoms with E-state index in [1.807, 2.05) is 30.5 Å². The molecular formula is C18H17N3. The zero-order valence-corrected chi connectivity index (χ0v) is 12.2. The molecule has 0 aliphatic rings. The molecule has 0 spiro atoms. The van der Waals surface area contributed by atoms with Crippen LogP contribution in [0, 0.1) is 0 Å². The van der Waals surface area contributed by atoms with E-state index in [2.05, 4.69) is 35.9 Å². The highest BCUT2D eigenvalue weighted by molar-refractivity contribution is 5.66. The van der Waals surface area contributed by atoms with Crippen molar-refractivity contribution in [2.75, 3.05) is 0 Å². The lowest BCUT2D eigenvalue weighted by molar-refractivity contribution is 0.864. The molecule has 0 amide bonds. The molecule has 3 heteroatoms.